The van der Waals surface area contributed by atoms with Crippen LogP contribution >= 0.6 is 0 Å². The molecule has 1 aliphatic heterocycles. The Bertz CT molecular complexity index is 579. The Kier molecular flexibility index (Phi) is 5.89. The van der Waals surface area contributed by atoms with E-state index in [1.807, 2.05) is 6.07 Å². The molecule has 6 heteroatoms. The van der Waals surface area contributed by atoms with Gasteiger partial charge in [-0.25, -0.2) is 0 Å². The fourth-order valence-electron chi connectivity index (χ4n) is 3.42. The highest BCUT2D eigenvalue weighted by molar-refractivity contribution is 5.77. The highest BCUT2D eigenvalue weighted by atomic mass is 16.5. The summed E-state index contributed by atoms with van der Waals surface area (Å²) in [5.74, 6) is 3.55. The summed E-state index contributed by atoms with van der Waals surface area (Å²) in [4.78, 5) is 6.90. The smallest absolute Gasteiger partial charge is 0.188 e. The Morgan fingerprint density at radius 3 is 2.48 bits per heavy atom. The van der Waals surface area contributed by atoms with Crippen molar-refractivity contribution in [2.45, 2.75) is 25.7 Å². The minimum absolute atomic E-state index is 0.529. The van der Waals surface area contributed by atoms with E-state index in [2.05, 4.69) is 27.3 Å². The lowest BCUT2D eigenvalue weighted by molar-refractivity contribution is 0.315. The first-order chi connectivity index (χ1) is 12.2. The predicted molar refractivity (Wildman–Crippen MR) is 102 cm³/mol. The van der Waals surface area contributed by atoms with Crippen molar-refractivity contribution < 1.29 is 9.47 Å². The summed E-state index contributed by atoms with van der Waals surface area (Å²) in [6, 6.07) is 6.02. The van der Waals surface area contributed by atoms with Gasteiger partial charge >= 0.3 is 0 Å². The van der Waals surface area contributed by atoms with Crippen LogP contribution in [0.1, 0.15) is 25.7 Å². The van der Waals surface area contributed by atoms with Crippen molar-refractivity contribution in [3.63, 3.8) is 0 Å². The summed E-state index contributed by atoms with van der Waals surface area (Å²) in [6.07, 6.45) is 5.12. The van der Waals surface area contributed by atoms with Crippen LogP contribution < -0.4 is 25.4 Å². The minimum atomic E-state index is 0.529. The molecule has 0 aromatic heterocycles. The van der Waals surface area contributed by atoms with Gasteiger partial charge in [0.1, 0.15) is 11.5 Å². The van der Waals surface area contributed by atoms with E-state index in [4.69, 9.17) is 15.2 Å². The van der Waals surface area contributed by atoms with Gasteiger partial charge in [-0.15, -0.1) is 0 Å². The molecule has 138 valence electrons. The van der Waals surface area contributed by atoms with Crippen LogP contribution in [0.5, 0.6) is 11.5 Å². The number of methoxy groups -OCH3 is 2. The number of ether oxygens (including phenoxy) is 2. The molecule has 1 aliphatic carbocycles. The molecule has 1 unspecified atom stereocenters. The molecule has 2 fully saturated rings. The number of aliphatic imine (C=N–C) groups is 1. The van der Waals surface area contributed by atoms with E-state index < -0.39 is 0 Å². The zero-order chi connectivity index (χ0) is 17.6. The number of guanidine groups is 1. The standard InChI is InChI=1S/C19H30N4O2/c1-24-17-8-16(9-18(10-17)25-2)23-7-6-15(13-23)12-22-19(20)21-11-14-4-3-5-14/h8-10,14-15H,3-7,11-13H2,1-2H3,(H3,20,21,22). The van der Waals surface area contributed by atoms with E-state index in [9.17, 15) is 0 Å². The van der Waals surface area contributed by atoms with Crippen LogP contribution in [0.25, 0.3) is 0 Å². The molecule has 1 saturated heterocycles. The second kappa shape index (κ2) is 8.32. The van der Waals surface area contributed by atoms with Crippen molar-refractivity contribution in [3.05, 3.63) is 18.2 Å². The van der Waals surface area contributed by atoms with Crippen molar-refractivity contribution in [3.8, 4) is 11.5 Å². The molecule has 0 amide bonds. The maximum absolute atomic E-state index is 5.99. The molecule has 6 nitrogen and oxygen atoms in total. The SMILES string of the molecule is COc1cc(OC)cc(N2CCC(CN=C(N)NCC3CCC3)C2)c1. The van der Waals surface area contributed by atoms with Gasteiger partial charge in [-0.1, -0.05) is 6.42 Å². The van der Waals surface area contributed by atoms with E-state index in [1.54, 1.807) is 14.2 Å². The first kappa shape index (κ1) is 17.7. The summed E-state index contributed by atoms with van der Waals surface area (Å²) in [5, 5.41) is 3.26. The van der Waals surface area contributed by atoms with Crippen molar-refractivity contribution >= 4 is 11.6 Å². The minimum Gasteiger partial charge on any atom is -0.497 e. The molecule has 0 bridgehead atoms. The average Bonchev–Trinajstić information content (AvgIpc) is 3.07. The molecule has 2 aliphatic rings. The van der Waals surface area contributed by atoms with Crippen LogP contribution in [0.3, 0.4) is 0 Å². The number of nitrogens with two attached hydrogens (primary N) is 1. The maximum atomic E-state index is 5.99. The van der Waals surface area contributed by atoms with Crippen LogP contribution in [0, 0.1) is 11.8 Å². The third-order valence-corrected chi connectivity index (χ3v) is 5.30. The number of hydrogen-bond acceptors (Lipinski definition) is 4. The van der Waals surface area contributed by atoms with E-state index in [-0.39, 0.29) is 0 Å². The van der Waals surface area contributed by atoms with Crippen LogP contribution in [0.4, 0.5) is 5.69 Å². The Balaban J connectivity index is 1.51. The van der Waals surface area contributed by atoms with Crippen molar-refractivity contribution in [1.82, 2.24) is 5.32 Å². The van der Waals surface area contributed by atoms with Crippen molar-refractivity contribution in [2.24, 2.45) is 22.6 Å². The number of nitrogens with zero attached hydrogens (tertiary/aromatic N) is 2. The van der Waals surface area contributed by atoms with Crippen molar-refractivity contribution in [2.75, 3.05) is 45.3 Å². The molecular formula is C19H30N4O2. The molecular weight excluding hydrogens is 316 g/mol. The summed E-state index contributed by atoms with van der Waals surface area (Å²) < 4.78 is 10.7. The second-order valence-corrected chi connectivity index (χ2v) is 7.08. The maximum Gasteiger partial charge on any atom is 0.188 e. The number of benzene rings is 1. The van der Waals surface area contributed by atoms with Gasteiger partial charge in [-0.05, 0) is 31.1 Å². The number of nitrogens with one attached hydrogen (secondary N) is 1. The normalized spacial score (nSPS) is 21.1. The van der Waals surface area contributed by atoms with Gasteiger partial charge < -0.3 is 25.4 Å². The number of hydrogen-bond donors (Lipinski definition) is 2. The second-order valence-electron chi connectivity index (χ2n) is 7.08. The topological polar surface area (TPSA) is 72.1 Å². The van der Waals surface area contributed by atoms with Crippen LogP contribution in [0.15, 0.2) is 23.2 Å². The lowest BCUT2D eigenvalue weighted by Crippen LogP contribution is -2.37. The van der Waals surface area contributed by atoms with Gasteiger partial charge in [0.2, 0.25) is 0 Å². The van der Waals surface area contributed by atoms with Crippen molar-refractivity contribution in [1.29, 1.82) is 0 Å². The quantitative estimate of drug-likeness (QED) is 0.585. The molecule has 0 radical (unpaired) electrons. The summed E-state index contributed by atoms with van der Waals surface area (Å²) in [7, 11) is 3.36. The summed E-state index contributed by atoms with van der Waals surface area (Å²) in [5.41, 5.74) is 7.13. The van der Waals surface area contributed by atoms with Gasteiger partial charge in [0.05, 0.1) is 14.2 Å². The average molecular weight is 346 g/mol. The zero-order valence-electron chi connectivity index (χ0n) is 15.3. The lowest BCUT2D eigenvalue weighted by Gasteiger charge is -2.25. The van der Waals surface area contributed by atoms with E-state index in [1.165, 1.54) is 19.3 Å². The van der Waals surface area contributed by atoms with Crippen LogP contribution in [-0.4, -0.2) is 46.4 Å². The molecule has 1 atom stereocenters. The van der Waals surface area contributed by atoms with E-state index in [0.717, 1.165) is 55.7 Å². The Morgan fingerprint density at radius 1 is 1.16 bits per heavy atom. The molecule has 3 N–H and O–H groups in total. The van der Waals surface area contributed by atoms with Gasteiger partial charge in [-0.3, -0.25) is 4.99 Å². The highest BCUT2D eigenvalue weighted by Crippen LogP contribution is 2.31. The lowest BCUT2D eigenvalue weighted by atomic mass is 9.85. The molecule has 1 saturated carbocycles. The zero-order valence-corrected chi connectivity index (χ0v) is 15.3. The number of rotatable bonds is 7. The van der Waals surface area contributed by atoms with E-state index >= 15 is 0 Å². The van der Waals surface area contributed by atoms with Crippen LogP contribution in [0.2, 0.25) is 0 Å². The molecule has 1 aromatic rings. The summed E-state index contributed by atoms with van der Waals surface area (Å²) >= 11 is 0. The first-order valence-electron chi connectivity index (χ1n) is 9.19. The van der Waals surface area contributed by atoms with Gasteiger partial charge in [0.25, 0.3) is 0 Å². The molecule has 1 heterocycles. The fourth-order valence-corrected chi connectivity index (χ4v) is 3.42. The summed E-state index contributed by atoms with van der Waals surface area (Å²) in [6.45, 7) is 3.75. The number of anilines is 1. The third kappa shape index (κ3) is 4.71. The van der Waals surface area contributed by atoms with Crippen LogP contribution in [-0.2, 0) is 0 Å². The molecule has 1 aromatic carbocycles. The highest BCUT2D eigenvalue weighted by Gasteiger charge is 2.23. The largest absolute Gasteiger partial charge is 0.497 e. The van der Waals surface area contributed by atoms with Gasteiger partial charge in [0.15, 0.2) is 5.96 Å². The Labute approximate surface area is 150 Å². The Morgan fingerprint density at radius 2 is 1.88 bits per heavy atom. The first-order valence-corrected chi connectivity index (χ1v) is 9.19. The van der Waals surface area contributed by atoms with Gasteiger partial charge in [-0.2, -0.15) is 0 Å². The molecule has 25 heavy (non-hydrogen) atoms. The third-order valence-electron chi connectivity index (χ3n) is 5.30. The molecule has 0 spiro atoms. The molecule has 3 rings (SSSR count). The van der Waals surface area contributed by atoms with Gasteiger partial charge in [0, 0.05) is 50.1 Å². The van der Waals surface area contributed by atoms with E-state index in [0.29, 0.717) is 11.9 Å². The predicted octanol–water partition coefficient (Wildman–Crippen LogP) is 2.23. The Hall–Kier alpha value is -2.11. The monoisotopic (exact) mass is 346 g/mol. The fraction of sp³-hybridized carbons (Fsp3) is 0.632.